The first-order valence-electron chi connectivity index (χ1n) is 7.31. The van der Waals surface area contributed by atoms with Crippen LogP contribution < -0.4 is 0 Å². The summed E-state index contributed by atoms with van der Waals surface area (Å²) in [4.78, 5) is 2.32. The normalized spacial score (nSPS) is 18.5. The SMILES string of the molecule is COCC1CCN(Cc2cc(F)cc(C#CCCO)c2)C1. The number of aliphatic hydroxyl groups is 1. The van der Waals surface area contributed by atoms with E-state index >= 15 is 0 Å². The summed E-state index contributed by atoms with van der Waals surface area (Å²) in [5, 5.41) is 8.72. The van der Waals surface area contributed by atoms with Crippen LogP contribution in [0.25, 0.3) is 0 Å². The molecule has 4 heteroatoms. The summed E-state index contributed by atoms with van der Waals surface area (Å²) in [6.45, 7) is 3.58. The molecule has 1 saturated heterocycles. The van der Waals surface area contributed by atoms with E-state index in [1.54, 1.807) is 13.2 Å². The van der Waals surface area contributed by atoms with Crippen LogP contribution >= 0.6 is 0 Å². The molecule has 0 saturated carbocycles. The van der Waals surface area contributed by atoms with Gasteiger partial charge in [-0.3, -0.25) is 4.90 Å². The second kappa shape index (κ2) is 8.14. The van der Waals surface area contributed by atoms with Gasteiger partial charge in [-0.25, -0.2) is 4.39 Å². The zero-order valence-electron chi connectivity index (χ0n) is 12.4. The van der Waals surface area contributed by atoms with E-state index in [2.05, 4.69) is 16.7 Å². The van der Waals surface area contributed by atoms with Crippen LogP contribution in [0.2, 0.25) is 0 Å². The fourth-order valence-corrected chi connectivity index (χ4v) is 2.72. The Morgan fingerprint density at radius 1 is 1.43 bits per heavy atom. The van der Waals surface area contributed by atoms with Crippen LogP contribution in [0.15, 0.2) is 18.2 Å². The number of hydrogen-bond donors (Lipinski definition) is 1. The predicted octanol–water partition coefficient (Wildman–Crippen LogP) is 2.03. The van der Waals surface area contributed by atoms with E-state index in [4.69, 9.17) is 9.84 Å². The highest BCUT2D eigenvalue weighted by Gasteiger charge is 2.22. The molecule has 0 spiro atoms. The molecule has 114 valence electrons. The molecule has 1 aromatic rings. The number of methoxy groups -OCH3 is 1. The van der Waals surface area contributed by atoms with Crippen molar-refractivity contribution in [3.63, 3.8) is 0 Å². The van der Waals surface area contributed by atoms with Gasteiger partial charge in [-0.15, -0.1) is 0 Å². The highest BCUT2D eigenvalue weighted by Crippen LogP contribution is 2.19. The van der Waals surface area contributed by atoms with E-state index < -0.39 is 0 Å². The lowest BCUT2D eigenvalue weighted by Crippen LogP contribution is -2.21. The van der Waals surface area contributed by atoms with Gasteiger partial charge in [0.05, 0.1) is 13.2 Å². The number of rotatable bonds is 5. The molecule has 1 fully saturated rings. The molecule has 1 aliphatic heterocycles. The van der Waals surface area contributed by atoms with Crippen molar-refractivity contribution in [2.24, 2.45) is 5.92 Å². The molecule has 1 unspecified atom stereocenters. The molecule has 1 aliphatic rings. The van der Waals surface area contributed by atoms with E-state index in [0.29, 0.717) is 17.9 Å². The highest BCUT2D eigenvalue weighted by atomic mass is 19.1. The highest BCUT2D eigenvalue weighted by molar-refractivity contribution is 5.37. The Labute approximate surface area is 125 Å². The van der Waals surface area contributed by atoms with Crippen LogP contribution in [0, 0.1) is 23.6 Å². The van der Waals surface area contributed by atoms with Crippen molar-refractivity contribution in [3.05, 3.63) is 35.1 Å². The third-order valence-electron chi connectivity index (χ3n) is 3.61. The molecule has 1 heterocycles. The lowest BCUT2D eigenvalue weighted by molar-refractivity contribution is 0.152. The van der Waals surface area contributed by atoms with E-state index in [-0.39, 0.29) is 12.4 Å². The van der Waals surface area contributed by atoms with E-state index in [1.807, 2.05) is 6.07 Å². The average molecular weight is 291 g/mol. The number of nitrogens with zero attached hydrogens (tertiary/aromatic N) is 1. The van der Waals surface area contributed by atoms with Crippen molar-refractivity contribution in [2.75, 3.05) is 33.4 Å². The van der Waals surface area contributed by atoms with Gasteiger partial charge in [0, 0.05) is 32.2 Å². The molecule has 0 bridgehead atoms. The monoisotopic (exact) mass is 291 g/mol. The summed E-state index contributed by atoms with van der Waals surface area (Å²) >= 11 is 0. The lowest BCUT2D eigenvalue weighted by Gasteiger charge is -2.16. The van der Waals surface area contributed by atoms with Gasteiger partial charge < -0.3 is 9.84 Å². The van der Waals surface area contributed by atoms with E-state index in [0.717, 1.165) is 38.2 Å². The summed E-state index contributed by atoms with van der Waals surface area (Å²) < 4.78 is 18.8. The molecular formula is C17H22FNO2. The van der Waals surface area contributed by atoms with Gasteiger partial charge in [0.1, 0.15) is 5.82 Å². The van der Waals surface area contributed by atoms with Crippen molar-refractivity contribution in [2.45, 2.75) is 19.4 Å². The molecule has 1 aromatic carbocycles. The fourth-order valence-electron chi connectivity index (χ4n) is 2.72. The van der Waals surface area contributed by atoms with Crippen molar-refractivity contribution in [3.8, 4) is 11.8 Å². The summed E-state index contributed by atoms with van der Waals surface area (Å²) in [5.41, 5.74) is 1.62. The summed E-state index contributed by atoms with van der Waals surface area (Å²) in [5.74, 6) is 6.04. The van der Waals surface area contributed by atoms with Crippen LogP contribution in [0.3, 0.4) is 0 Å². The number of benzene rings is 1. The fraction of sp³-hybridized carbons (Fsp3) is 0.529. The van der Waals surface area contributed by atoms with Gasteiger partial charge in [-0.1, -0.05) is 11.8 Å². The largest absolute Gasteiger partial charge is 0.395 e. The predicted molar refractivity (Wildman–Crippen MR) is 80.2 cm³/mol. The van der Waals surface area contributed by atoms with Gasteiger partial charge in [-0.2, -0.15) is 0 Å². The third kappa shape index (κ3) is 5.13. The lowest BCUT2D eigenvalue weighted by atomic mass is 10.1. The second-order valence-corrected chi connectivity index (χ2v) is 5.47. The zero-order chi connectivity index (χ0) is 15.1. The van der Waals surface area contributed by atoms with Crippen LogP contribution in [0.5, 0.6) is 0 Å². The first-order chi connectivity index (χ1) is 10.2. The van der Waals surface area contributed by atoms with Crippen LogP contribution in [-0.4, -0.2) is 43.4 Å². The van der Waals surface area contributed by atoms with E-state index in [9.17, 15) is 4.39 Å². The van der Waals surface area contributed by atoms with E-state index in [1.165, 1.54) is 6.07 Å². The van der Waals surface area contributed by atoms with Gasteiger partial charge in [0.15, 0.2) is 0 Å². The first-order valence-corrected chi connectivity index (χ1v) is 7.31. The Balaban J connectivity index is 1.99. The van der Waals surface area contributed by atoms with Gasteiger partial charge in [-0.05, 0) is 42.6 Å². The van der Waals surface area contributed by atoms with Crippen molar-refractivity contribution in [1.82, 2.24) is 4.90 Å². The Bertz CT molecular complexity index is 521. The van der Waals surface area contributed by atoms with Crippen molar-refractivity contribution < 1.29 is 14.2 Å². The molecule has 2 rings (SSSR count). The molecule has 0 radical (unpaired) electrons. The molecule has 1 N–H and O–H groups in total. The maximum absolute atomic E-state index is 13.7. The Morgan fingerprint density at radius 3 is 3.05 bits per heavy atom. The summed E-state index contributed by atoms with van der Waals surface area (Å²) in [6.07, 6.45) is 1.54. The van der Waals surface area contributed by atoms with Crippen molar-refractivity contribution in [1.29, 1.82) is 0 Å². The standard InChI is InChI=1S/C17H22FNO2/c1-21-13-15-5-6-19(11-15)12-16-8-14(4-2-3-7-20)9-17(18)10-16/h8-10,15,20H,3,5-7,11-13H2,1H3. The maximum Gasteiger partial charge on any atom is 0.124 e. The molecule has 3 nitrogen and oxygen atoms in total. The molecule has 1 atom stereocenters. The van der Waals surface area contributed by atoms with Crippen LogP contribution in [-0.2, 0) is 11.3 Å². The van der Waals surface area contributed by atoms with Gasteiger partial charge in [0.25, 0.3) is 0 Å². The molecule has 0 aliphatic carbocycles. The minimum absolute atomic E-state index is 0.0316. The van der Waals surface area contributed by atoms with Gasteiger partial charge in [0.2, 0.25) is 0 Å². The maximum atomic E-state index is 13.7. The van der Waals surface area contributed by atoms with Crippen molar-refractivity contribution >= 4 is 0 Å². The van der Waals surface area contributed by atoms with Crippen LogP contribution in [0.1, 0.15) is 24.0 Å². The Kier molecular flexibility index (Phi) is 6.19. The quantitative estimate of drug-likeness (QED) is 0.843. The molecule has 21 heavy (non-hydrogen) atoms. The number of halogens is 1. The zero-order valence-corrected chi connectivity index (χ0v) is 12.4. The minimum atomic E-state index is -0.256. The molecule has 0 amide bonds. The smallest absolute Gasteiger partial charge is 0.124 e. The number of likely N-dealkylation sites (tertiary alicyclic amines) is 1. The Hall–Kier alpha value is -1.41. The number of ether oxygens (including phenoxy) is 1. The second-order valence-electron chi connectivity index (χ2n) is 5.47. The number of hydrogen-bond acceptors (Lipinski definition) is 3. The minimum Gasteiger partial charge on any atom is -0.395 e. The first kappa shape index (κ1) is 16.0. The topological polar surface area (TPSA) is 32.7 Å². The van der Waals surface area contributed by atoms with Gasteiger partial charge >= 0.3 is 0 Å². The van der Waals surface area contributed by atoms with Crippen LogP contribution in [0.4, 0.5) is 4.39 Å². The summed E-state index contributed by atoms with van der Waals surface area (Å²) in [7, 11) is 1.73. The Morgan fingerprint density at radius 2 is 2.29 bits per heavy atom. The summed E-state index contributed by atoms with van der Waals surface area (Å²) in [6, 6.07) is 4.93. The number of aliphatic hydroxyl groups excluding tert-OH is 1. The average Bonchev–Trinajstić information content (AvgIpc) is 2.86. The molecular weight excluding hydrogens is 269 g/mol. The third-order valence-corrected chi connectivity index (χ3v) is 3.61. The molecule has 0 aromatic heterocycles.